The zero-order valence-electron chi connectivity index (χ0n) is 12.6. The molecule has 0 saturated heterocycles. The fraction of sp³-hybridized carbons (Fsp3) is 0.278. The number of Topliss-reactive ketones (excluding diaryl/α,β-unsaturated/α-hetero) is 1. The van der Waals surface area contributed by atoms with Crippen LogP contribution in [0.4, 0.5) is 4.39 Å². The Hall–Kier alpha value is -1.36. The highest BCUT2D eigenvalue weighted by Crippen LogP contribution is 2.34. The molecule has 23 heavy (non-hydrogen) atoms. The average molecular weight is 350 g/mol. The SMILES string of the molecule is O=C(CSc1c(Cl)ccc2c1CCNCC2)c1ccc(F)cc1. The van der Waals surface area contributed by atoms with Gasteiger partial charge in [-0.3, -0.25) is 4.79 Å². The van der Waals surface area contributed by atoms with Crippen LogP contribution in [-0.4, -0.2) is 24.6 Å². The fourth-order valence-electron chi connectivity index (χ4n) is 2.72. The van der Waals surface area contributed by atoms with Gasteiger partial charge in [-0.2, -0.15) is 0 Å². The summed E-state index contributed by atoms with van der Waals surface area (Å²) in [4.78, 5) is 13.3. The van der Waals surface area contributed by atoms with Gasteiger partial charge < -0.3 is 5.32 Å². The third kappa shape index (κ3) is 3.94. The van der Waals surface area contributed by atoms with Crippen molar-refractivity contribution in [2.75, 3.05) is 18.8 Å². The van der Waals surface area contributed by atoms with E-state index in [-0.39, 0.29) is 11.6 Å². The smallest absolute Gasteiger partial charge is 0.173 e. The van der Waals surface area contributed by atoms with Crippen molar-refractivity contribution in [3.63, 3.8) is 0 Å². The molecule has 0 aromatic heterocycles. The molecule has 0 atom stereocenters. The molecule has 2 aromatic carbocycles. The van der Waals surface area contributed by atoms with Crippen molar-refractivity contribution in [3.8, 4) is 0 Å². The second-order valence-electron chi connectivity index (χ2n) is 5.48. The number of halogens is 2. The van der Waals surface area contributed by atoms with E-state index < -0.39 is 0 Å². The molecule has 1 heterocycles. The quantitative estimate of drug-likeness (QED) is 0.664. The van der Waals surface area contributed by atoms with E-state index in [2.05, 4.69) is 11.4 Å². The van der Waals surface area contributed by atoms with Gasteiger partial charge in [-0.05, 0) is 67.4 Å². The van der Waals surface area contributed by atoms with Crippen molar-refractivity contribution in [1.29, 1.82) is 0 Å². The number of ketones is 1. The van der Waals surface area contributed by atoms with Crippen LogP contribution in [0.25, 0.3) is 0 Å². The summed E-state index contributed by atoms with van der Waals surface area (Å²) in [6, 6.07) is 9.66. The number of rotatable bonds is 4. The van der Waals surface area contributed by atoms with Crippen molar-refractivity contribution in [3.05, 3.63) is 63.9 Å². The Labute approximate surface area is 144 Å². The first-order valence-electron chi connectivity index (χ1n) is 7.57. The molecule has 0 bridgehead atoms. The molecule has 1 aliphatic heterocycles. The Bertz CT molecular complexity index is 718. The number of carbonyl (C=O) groups excluding carboxylic acids is 1. The van der Waals surface area contributed by atoms with Crippen molar-refractivity contribution in [2.24, 2.45) is 0 Å². The zero-order chi connectivity index (χ0) is 16.2. The van der Waals surface area contributed by atoms with Crippen molar-refractivity contribution < 1.29 is 9.18 Å². The molecule has 1 N–H and O–H groups in total. The van der Waals surface area contributed by atoms with Crippen molar-refractivity contribution in [1.82, 2.24) is 5.32 Å². The minimum Gasteiger partial charge on any atom is -0.316 e. The molecule has 0 radical (unpaired) electrons. The van der Waals surface area contributed by atoms with Gasteiger partial charge in [0.1, 0.15) is 5.82 Å². The van der Waals surface area contributed by atoms with Crippen LogP contribution in [0.5, 0.6) is 0 Å². The average Bonchev–Trinajstić information content (AvgIpc) is 2.80. The molecule has 3 rings (SSSR count). The summed E-state index contributed by atoms with van der Waals surface area (Å²) in [5.74, 6) is -0.0524. The number of hydrogen-bond acceptors (Lipinski definition) is 3. The number of nitrogens with one attached hydrogen (secondary N) is 1. The lowest BCUT2D eigenvalue weighted by Crippen LogP contribution is -2.16. The van der Waals surface area contributed by atoms with Crippen LogP contribution in [0.15, 0.2) is 41.3 Å². The Balaban J connectivity index is 1.77. The standard InChI is InChI=1S/C18H17ClFNOS/c19-16-6-3-12-7-9-21-10-8-15(12)18(16)23-11-17(22)13-1-4-14(20)5-2-13/h1-6,21H,7-11H2. The van der Waals surface area contributed by atoms with Gasteiger partial charge in [-0.15, -0.1) is 11.8 Å². The summed E-state index contributed by atoms with van der Waals surface area (Å²) in [5.41, 5.74) is 3.08. The summed E-state index contributed by atoms with van der Waals surface area (Å²) >= 11 is 7.84. The lowest BCUT2D eigenvalue weighted by molar-refractivity contribution is 0.102. The number of hydrogen-bond donors (Lipinski definition) is 1. The normalized spacial score (nSPS) is 14.2. The van der Waals surface area contributed by atoms with Gasteiger partial charge in [0.15, 0.2) is 5.78 Å². The van der Waals surface area contributed by atoms with Gasteiger partial charge >= 0.3 is 0 Å². The summed E-state index contributed by atoms with van der Waals surface area (Å²) in [6.07, 6.45) is 1.90. The predicted molar refractivity (Wildman–Crippen MR) is 93.2 cm³/mol. The number of carbonyl (C=O) groups is 1. The maximum Gasteiger partial charge on any atom is 0.173 e. The topological polar surface area (TPSA) is 29.1 Å². The van der Waals surface area contributed by atoms with Crippen LogP contribution in [0.1, 0.15) is 21.5 Å². The largest absolute Gasteiger partial charge is 0.316 e. The number of fused-ring (bicyclic) bond motifs is 1. The van der Waals surface area contributed by atoms with Crippen LogP contribution in [-0.2, 0) is 12.8 Å². The van der Waals surface area contributed by atoms with Gasteiger partial charge in [-0.1, -0.05) is 17.7 Å². The molecule has 0 saturated carbocycles. The molecular formula is C18H17ClFNOS. The number of thioether (sulfide) groups is 1. The Kier molecular flexibility index (Phi) is 5.36. The van der Waals surface area contributed by atoms with E-state index in [9.17, 15) is 9.18 Å². The van der Waals surface area contributed by atoms with E-state index in [1.165, 1.54) is 47.2 Å². The van der Waals surface area contributed by atoms with Crippen LogP contribution in [0, 0.1) is 5.82 Å². The van der Waals surface area contributed by atoms with Crippen LogP contribution in [0.3, 0.4) is 0 Å². The molecule has 0 amide bonds. The zero-order valence-corrected chi connectivity index (χ0v) is 14.1. The minimum atomic E-state index is -0.335. The highest BCUT2D eigenvalue weighted by Gasteiger charge is 2.16. The van der Waals surface area contributed by atoms with Gasteiger partial charge in [0.05, 0.1) is 10.8 Å². The molecule has 5 heteroatoms. The van der Waals surface area contributed by atoms with Crippen molar-refractivity contribution in [2.45, 2.75) is 17.7 Å². The first kappa shape index (κ1) is 16.5. The van der Waals surface area contributed by atoms with E-state index in [1.807, 2.05) is 6.07 Å². The minimum absolute atomic E-state index is 0.0181. The molecule has 0 fully saturated rings. The molecule has 2 nitrogen and oxygen atoms in total. The predicted octanol–water partition coefficient (Wildman–Crippen LogP) is 4.14. The Morgan fingerprint density at radius 3 is 2.65 bits per heavy atom. The highest BCUT2D eigenvalue weighted by molar-refractivity contribution is 8.00. The van der Waals surface area contributed by atoms with Crippen molar-refractivity contribution >= 4 is 29.1 Å². The Morgan fingerprint density at radius 2 is 1.87 bits per heavy atom. The summed E-state index contributed by atoms with van der Waals surface area (Å²) in [6.45, 7) is 1.89. The summed E-state index contributed by atoms with van der Waals surface area (Å²) < 4.78 is 12.9. The second kappa shape index (κ2) is 7.47. The molecule has 1 aliphatic rings. The van der Waals surface area contributed by atoms with Gasteiger partial charge in [0.25, 0.3) is 0 Å². The molecule has 0 spiro atoms. The van der Waals surface area contributed by atoms with E-state index >= 15 is 0 Å². The molecular weight excluding hydrogens is 333 g/mol. The summed E-state index contributed by atoms with van der Waals surface area (Å²) in [5, 5.41) is 4.08. The summed E-state index contributed by atoms with van der Waals surface area (Å²) in [7, 11) is 0. The second-order valence-corrected chi connectivity index (χ2v) is 6.88. The molecule has 0 unspecified atom stereocenters. The van der Waals surface area contributed by atoms with Crippen LogP contribution >= 0.6 is 23.4 Å². The first-order valence-corrected chi connectivity index (χ1v) is 8.94. The lowest BCUT2D eigenvalue weighted by atomic mass is 10.0. The van der Waals surface area contributed by atoms with E-state index in [0.717, 1.165) is 30.8 Å². The van der Waals surface area contributed by atoms with Crippen LogP contribution in [0.2, 0.25) is 5.02 Å². The van der Waals surface area contributed by atoms with Gasteiger partial charge in [0.2, 0.25) is 0 Å². The monoisotopic (exact) mass is 349 g/mol. The van der Waals surface area contributed by atoms with Gasteiger partial charge in [0, 0.05) is 10.5 Å². The van der Waals surface area contributed by atoms with E-state index in [1.54, 1.807) is 0 Å². The third-order valence-corrected chi connectivity index (χ3v) is 5.53. The van der Waals surface area contributed by atoms with Gasteiger partial charge in [-0.25, -0.2) is 4.39 Å². The maximum absolute atomic E-state index is 12.9. The lowest BCUT2D eigenvalue weighted by Gasteiger charge is -2.13. The first-order chi connectivity index (χ1) is 11.1. The maximum atomic E-state index is 12.9. The Morgan fingerprint density at radius 1 is 1.13 bits per heavy atom. The van der Waals surface area contributed by atoms with Crippen LogP contribution < -0.4 is 5.32 Å². The van der Waals surface area contributed by atoms with E-state index in [4.69, 9.17) is 11.6 Å². The van der Waals surface area contributed by atoms with E-state index in [0.29, 0.717) is 16.3 Å². The number of benzene rings is 2. The molecule has 120 valence electrons. The third-order valence-electron chi connectivity index (χ3n) is 3.95. The molecule has 2 aromatic rings. The highest BCUT2D eigenvalue weighted by atomic mass is 35.5. The molecule has 0 aliphatic carbocycles. The fourth-order valence-corrected chi connectivity index (χ4v) is 4.12.